The van der Waals surface area contributed by atoms with Crippen molar-refractivity contribution in [3.8, 4) is 11.3 Å². The first kappa shape index (κ1) is 16.1. The molecule has 0 aliphatic rings. The number of ether oxygens (including phenoxy) is 1. The summed E-state index contributed by atoms with van der Waals surface area (Å²) < 4.78 is 4.88. The minimum atomic E-state index is -0.473. The number of rotatable bonds is 5. The van der Waals surface area contributed by atoms with Gasteiger partial charge in [-0.15, -0.1) is 21.5 Å². The zero-order chi connectivity index (χ0) is 16.9. The fraction of sp³-hybridized carbons (Fsp3) is 0.176. The number of nitrogens with one attached hydrogen (secondary N) is 1. The van der Waals surface area contributed by atoms with Gasteiger partial charge in [0.05, 0.1) is 17.3 Å². The molecule has 3 aromatic rings. The first-order valence-electron chi connectivity index (χ1n) is 7.46. The summed E-state index contributed by atoms with van der Waals surface area (Å²) in [5.74, 6) is 0.0831. The Morgan fingerprint density at radius 2 is 1.96 bits per heavy atom. The molecule has 0 aliphatic carbocycles. The van der Waals surface area contributed by atoms with Crippen LogP contribution in [0.2, 0.25) is 0 Å². The largest absolute Gasteiger partial charge is 0.461 e. The summed E-state index contributed by atoms with van der Waals surface area (Å²) >= 11 is 1.63. The summed E-state index contributed by atoms with van der Waals surface area (Å²) in [5, 5.41) is 14.1. The average Bonchev–Trinajstić information content (AvgIpc) is 3.03. The third kappa shape index (κ3) is 3.75. The molecule has 24 heavy (non-hydrogen) atoms. The van der Waals surface area contributed by atoms with E-state index in [1.165, 1.54) is 0 Å². The van der Waals surface area contributed by atoms with Gasteiger partial charge in [-0.2, -0.15) is 0 Å². The van der Waals surface area contributed by atoms with E-state index in [9.17, 15) is 4.79 Å². The van der Waals surface area contributed by atoms with Crippen LogP contribution in [0.3, 0.4) is 0 Å². The molecule has 2 heterocycles. The van der Waals surface area contributed by atoms with Gasteiger partial charge in [0.2, 0.25) is 0 Å². The van der Waals surface area contributed by atoms with Crippen LogP contribution in [0.15, 0.2) is 41.8 Å². The van der Waals surface area contributed by atoms with E-state index >= 15 is 0 Å². The van der Waals surface area contributed by atoms with Crippen molar-refractivity contribution in [2.45, 2.75) is 13.8 Å². The van der Waals surface area contributed by atoms with Gasteiger partial charge in [0.1, 0.15) is 0 Å². The number of hydrogen-bond acceptors (Lipinski definition) is 7. The maximum atomic E-state index is 11.5. The van der Waals surface area contributed by atoms with Crippen LogP contribution in [-0.2, 0) is 4.74 Å². The van der Waals surface area contributed by atoms with Gasteiger partial charge < -0.3 is 10.1 Å². The van der Waals surface area contributed by atoms with E-state index in [0.29, 0.717) is 12.4 Å². The number of nitrogens with zero attached hydrogens (tertiary/aromatic N) is 3. The van der Waals surface area contributed by atoms with E-state index in [0.717, 1.165) is 22.0 Å². The standard InChI is InChI=1S/C17H16N4O2S/c1-3-23-17(22)14-8-9-16(21-20-14)19-13-6-4-12(5-7-13)15-10-24-11(2)18-15/h4-10H,3H2,1-2H3,(H,19,21). The molecule has 0 aliphatic heterocycles. The molecule has 122 valence electrons. The number of hydrogen-bond donors (Lipinski definition) is 1. The molecule has 7 heteroatoms. The molecule has 0 saturated carbocycles. The van der Waals surface area contributed by atoms with Crippen LogP contribution in [0.25, 0.3) is 11.3 Å². The third-order valence-corrected chi connectivity index (χ3v) is 3.99. The molecule has 3 rings (SSSR count). The molecule has 0 saturated heterocycles. The van der Waals surface area contributed by atoms with Crippen molar-refractivity contribution in [2.75, 3.05) is 11.9 Å². The van der Waals surface area contributed by atoms with Crippen LogP contribution in [0, 0.1) is 6.92 Å². The summed E-state index contributed by atoms with van der Waals surface area (Å²) in [4.78, 5) is 16.0. The van der Waals surface area contributed by atoms with Gasteiger partial charge in [0.15, 0.2) is 11.5 Å². The molecule has 0 spiro atoms. The van der Waals surface area contributed by atoms with Crippen molar-refractivity contribution < 1.29 is 9.53 Å². The van der Waals surface area contributed by atoms with Crippen LogP contribution in [0.5, 0.6) is 0 Å². The highest BCUT2D eigenvalue weighted by molar-refractivity contribution is 7.09. The highest BCUT2D eigenvalue weighted by Crippen LogP contribution is 2.24. The molecule has 0 radical (unpaired) electrons. The predicted molar refractivity (Wildman–Crippen MR) is 93.6 cm³/mol. The summed E-state index contributed by atoms with van der Waals surface area (Å²) in [6.45, 7) is 4.05. The Bertz CT molecular complexity index is 829. The minimum Gasteiger partial charge on any atom is -0.461 e. The van der Waals surface area contributed by atoms with E-state index in [-0.39, 0.29) is 5.69 Å². The number of thiazole rings is 1. The highest BCUT2D eigenvalue weighted by atomic mass is 32.1. The van der Waals surface area contributed by atoms with Gasteiger partial charge in [0.25, 0.3) is 0 Å². The third-order valence-electron chi connectivity index (χ3n) is 3.22. The van der Waals surface area contributed by atoms with E-state index in [2.05, 4.69) is 20.5 Å². The van der Waals surface area contributed by atoms with Crippen molar-refractivity contribution >= 4 is 28.8 Å². The van der Waals surface area contributed by atoms with Crippen LogP contribution in [-0.4, -0.2) is 27.8 Å². The van der Waals surface area contributed by atoms with Crippen LogP contribution in [0.4, 0.5) is 11.5 Å². The topological polar surface area (TPSA) is 77.0 Å². The van der Waals surface area contributed by atoms with Crippen LogP contribution < -0.4 is 5.32 Å². The number of benzene rings is 1. The van der Waals surface area contributed by atoms with Gasteiger partial charge in [-0.05, 0) is 38.1 Å². The quantitative estimate of drug-likeness (QED) is 0.711. The Balaban J connectivity index is 1.68. The molecule has 6 nitrogen and oxygen atoms in total. The van der Waals surface area contributed by atoms with E-state index in [1.807, 2.05) is 36.6 Å². The first-order chi connectivity index (χ1) is 11.7. The van der Waals surface area contributed by atoms with Crippen LogP contribution >= 0.6 is 11.3 Å². The smallest absolute Gasteiger partial charge is 0.358 e. The molecular formula is C17H16N4O2S. The fourth-order valence-corrected chi connectivity index (χ4v) is 2.70. The lowest BCUT2D eigenvalue weighted by Crippen LogP contribution is -2.08. The molecule has 0 amide bonds. The number of carbonyl (C=O) groups is 1. The summed E-state index contributed by atoms with van der Waals surface area (Å²) in [5.41, 5.74) is 3.11. The SMILES string of the molecule is CCOC(=O)c1ccc(Nc2ccc(-c3csc(C)n3)cc2)nn1. The Morgan fingerprint density at radius 1 is 1.17 bits per heavy atom. The second-order valence-electron chi connectivity index (χ2n) is 4.98. The van der Waals surface area contributed by atoms with Crippen molar-refractivity contribution in [1.29, 1.82) is 0 Å². The van der Waals surface area contributed by atoms with Gasteiger partial charge in [-0.3, -0.25) is 0 Å². The molecule has 0 unspecified atom stereocenters. The Morgan fingerprint density at radius 3 is 2.54 bits per heavy atom. The van der Waals surface area contributed by atoms with Crippen molar-refractivity contribution in [3.63, 3.8) is 0 Å². The van der Waals surface area contributed by atoms with E-state index in [1.54, 1.807) is 30.4 Å². The lowest BCUT2D eigenvalue weighted by atomic mass is 10.1. The number of aromatic nitrogens is 3. The van der Waals surface area contributed by atoms with Crippen molar-refractivity contribution in [3.05, 3.63) is 52.5 Å². The predicted octanol–water partition coefficient (Wildman–Crippen LogP) is 3.83. The molecule has 0 fully saturated rings. The summed E-state index contributed by atoms with van der Waals surface area (Å²) in [6, 6.07) is 11.2. The number of aryl methyl sites for hydroxylation is 1. The fourth-order valence-electron chi connectivity index (χ4n) is 2.08. The average molecular weight is 340 g/mol. The lowest BCUT2D eigenvalue weighted by Gasteiger charge is -2.06. The lowest BCUT2D eigenvalue weighted by molar-refractivity contribution is 0.0518. The second kappa shape index (κ2) is 7.18. The van der Waals surface area contributed by atoms with Crippen molar-refractivity contribution in [2.24, 2.45) is 0 Å². The zero-order valence-corrected chi connectivity index (χ0v) is 14.1. The molecule has 1 aromatic carbocycles. The van der Waals surface area contributed by atoms with Gasteiger partial charge >= 0.3 is 5.97 Å². The molecule has 2 aromatic heterocycles. The monoisotopic (exact) mass is 340 g/mol. The number of anilines is 2. The van der Waals surface area contributed by atoms with Gasteiger partial charge in [-0.25, -0.2) is 9.78 Å². The zero-order valence-electron chi connectivity index (χ0n) is 13.3. The van der Waals surface area contributed by atoms with Gasteiger partial charge in [-0.1, -0.05) is 12.1 Å². The molecule has 0 bridgehead atoms. The van der Waals surface area contributed by atoms with Crippen LogP contribution in [0.1, 0.15) is 22.4 Å². The maximum absolute atomic E-state index is 11.5. The Hall–Kier alpha value is -2.80. The van der Waals surface area contributed by atoms with E-state index in [4.69, 9.17) is 4.74 Å². The molecule has 0 atom stereocenters. The summed E-state index contributed by atoms with van der Waals surface area (Å²) in [6.07, 6.45) is 0. The normalized spacial score (nSPS) is 10.4. The Labute approximate surface area is 143 Å². The van der Waals surface area contributed by atoms with E-state index < -0.39 is 5.97 Å². The first-order valence-corrected chi connectivity index (χ1v) is 8.34. The minimum absolute atomic E-state index is 0.191. The maximum Gasteiger partial charge on any atom is 0.358 e. The molecular weight excluding hydrogens is 324 g/mol. The van der Waals surface area contributed by atoms with Crippen molar-refractivity contribution in [1.82, 2.24) is 15.2 Å². The Kier molecular flexibility index (Phi) is 4.81. The summed E-state index contributed by atoms with van der Waals surface area (Å²) in [7, 11) is 0. The van der Waals surface area contributed by atoms with Gasteiger partial charge in [0, 0.05) is 16.6 Å². The second-order valence-corrected chi connectivity index (χ2v) is 6.04. The molecule has 1 N–H and O–H groups in total. The number of esters is 1. The number of carbonyl (C=O) groups excluding carboxylic acids is 1. The highest BCUT2D eigenvalue weighted by Gasteiger charge is 2.09.